The first kappa shape index (κ1) is 18.2. The molecule has 3 nitrogen and oxygen atoms in total. The van der Waals surface area contributed by atoms with Crippen molar-refractivity contribution in [1.29, 1.82) is 0 Å². The van der Waals surface area contributed by atoms with Crippen LogP contribution in [0.5, 0.6) is 5.75 Å². The Morgan fingerprint density at radius 3 is 2.55 bits per heavy atom. The first-order chi connectivity index (χ1) is 14.0. The van der Waals surface area contributed by atoms with E-state index in [2.05, 4.69) is 42.6 Å². The number of phenols is 1. The molecule has 2 N–H and O–H groups in total. The molecular weight excluding hydrogens is 398 g/mol. The van der Waals surface area contributed by atoms with E-state index in [1.54, 1.807) is 6.07 Å². The van der Waals surface area contributed by atoms with Crippen molar-refractivity contribution in [2.75, 3.05) is 0 Å². The highest BCUT2D eigenvalue weighted by Crippen LogP contribution is 2.43. The lowest BCUT2D eigenvalue weighted by molar-refractivity contribution is -0.115. The number of phenolic OH excluding ortho intramolecular Hbond substituents is 1. The van der Waals surface area contributed by atoms with Gasteiger partial charge in [-0.15, -0.1) is 0 Å². The van der Waals surface area contributed by atoms with Gasteiger partial charge in [0.05, 0.1) is 4.91 Å². The number of carbonyl (C=O) groups is 1. The van der Waals surface area contributed by atoms with Gasteiger partial charge in [-0.2, -0.15) is 0 Å². The summed E-state index contributed by atoms with van der Waals surface area (Å²) >= 11 is 6.45. The third-order valence-electron chi connectivity index (χ3n) is 5.29. The van der Waals surface area contributed by atoms with E-state index in [0.717, 1.165) is 39.6 Å². The number of benzene rings is 3. The van der Waals surface area contributed by atoms with E-state index < -0.39 is 0 Å². The predicted octanol–water partition coefficient (Wildman–Crippen LogP) is 5.57. The summed E-state index contributed by atoms with van der Waals surface area (Å²) in [6.07, 6.45) is 2.80. The number of fused-ring (bicyclic) bond motifs is 2. The smallest absolute Gasteiger partial charge is 0.264 e. The zero-order valence-electron chi connectivity index (χ0n) is 15.7. The lowest BCUT2D eigenvalue weighted by Gasteiger charge is -2.22. The Labute approximate surface area is 178 Å². The summed E-state index contributed by atoms with van der Waals surface area (Å²) in [6, 6.07) is 18.1. The Bertz CT molecular complexity index is 1290. The third-order valence-corrected chi connectivity index (χ3v) is 6.54. The summed E-state index contributed by atoms with van der Waals surface area (Å²) in [4.78, 5) is 13.0. The second kappa shape index (κ2) is 6.87. The number of nitrogens with one attached hydrogen (secondary N) is 1. The van der Waals surface area contributed by atoms with Crippen molar-refractivity contribution in [3.63, 3.8) is 0 Å². The van der Waals surface area contributed by atoms with Crippen LogP contribution in [0.1, 0.15) is 18.1 Å². The van der Waals surface area contributed by atoms with E-state index in [-0.39, 0.29) is 11.7 Å². The number of allylic oxidation sites excluding steroid dienone is 3. The summed E-state index contributed by atoms with van der Waals surface area (Å²) in [7, 11) is 0. The van der Waals surface area contributed by atoms with Crippen LogP contribution in [0, 0.1) is 0 Å². The van der Waals surface area contributed by atoms with E-state index in [0.29, 0.717) is 9.23 Å². The van der Waals surface area contributed by atoms with Crippen molar-refractivity contribution in [2.45, 2.75) is 13.3 Å². The van der Waals surface area contributed by atoms with Gasteiger partial charge < -0.3 is 10.4 Å². The minimum absolute atomic E-state index is 0.178. The van der Waals surface area contributed by atoms with Gasteiger partial charge in [-0.3, -0.25) is 4.79 Å². The Kier molecular flexibility index (Phi) is 4.30. The summed E-state index contributed by atoms with van der Waals surface area (Å²) in [6.45, 7) is 2.07. The summed E-state index contributed by atoms with van der Waals surface area (Å²) in [5, 5.41) is 15.5. The van der Waals surface area contributed by atoms with Crippen LogP contribution in [-0.2, 0) is 11.2 Å². The minimum atomic E-state index is -0.178. The summed E-state index contributed by atoms with van der Waals surface area (Å²) in [5.74, 6) is 0.00596. The maximum Gasteiger partial charge on any atom is 0.264 e. The molecule has 2 aliphatic rings. The lowest BCUT2D eigenvalue weighted by atomic mass is 9.83. The third kappa shape index (κ3) is 3.16. The molecule has 0 atom stereocenters. The van der Waals surface area contributed by atoms with Gasteiger partial charge >= 0.3 is 0 Å². The van der Waals surface area contributed by atoms with E-state index in [1.807, 2.05) is 24.3 Å². The molecule has 1 aliphatic carbocycles. The van der Waals surface area contributed by atoms with Gasteiger partial charge in [-0.25, -0.2) is 0 Å². The van der Waals surface area contributed by atoms with Crippen LogP contribution in [-0.4, -0.2) is 15.3 Å². The molecule has 1 saturated heterocycles. The highest BCUT2D eigenvalue weighted by molar-refractivity contribution is 8.26. The molecule has 5 heteroatoms. The maximum atomic E-state index is 12.4. The quantitative estimate of drug-likeness (QED) is 0.403. The first-order valence-electron chi connectivity index (χ1n) is 9.29. The zero-order valence-corrected chi connectivity index (χ0v) is 17.3. The number of thioether (sulfide) groups is 1. The molecule has 0 aromatic heterocycles. The van der Waals surface area contributed by atoms with Gasteiger partial charge in [0.15, 0.2) is 0 Å². The average molecular weight is 416 g/mol. The largest absolute Gasteiger partial charge is 0.508 e. The second-order valence-electron chi connectivity index (χ2n) is 7.34. The molecule has 1 fully saturated rings. The summed E-state index contributed by atoms with van der Waals surface area (Å²) < 4.78 is 0.464. The van der Waals surface area contributed by atoms with Crippen LogP contribution >= 0.6 is 24.0 Å². The van der Waals surface area contributed by atoms with Crippen molar-refractivity contribution in [2.24, 2.45) is 0 Å². The van der Waals surface area contributed by atoms with E-state index in [9.17, 15) is 9.90 Å². The molecule has 1 amide bonds. The standard InChI is InChI=1S/C24H17NO2S2/c1-13-8-19-18(16-7-6-14-4-2-3-5-15(14)10-16)11-17(26)12-20(19)21(9-13)22-23(27)25-24(28)29-22/h2-7,9-12,26H,8H2,1H3,(H,25,27,28)/b22-21-. The number of amides is 1. The number of aromatic hydroxyl groups is 1. The molecule has 29 heavy (non-hydrogen) atoms. The van der Waals surface area contributed by atoms with Crippen LogP contribution in [0.2, 0.25) is 0 Å². The Hall–Kier alpha value is -2.89. The van der Waals surface area contributed by atoms with Crippen LogP contribution in [0.4, 0.5) is 0 Å². The fourth-order valence-electron chi connectivity index (χ4n) is 4.04. The fraction of sp³-hybridized carbons (Fsp3) is 0.0833. The zero-order chi connectivity index (χ0) is 20.1. The Morgan fingerprint density at radius 1 is 1.03 bits per heavy atom. The molecule has 1 aliphatic heterocycles. The highest BCUT2D eigenvalue weighted by atomic mass is 32.2. The van der Waals surface area contributed by atoms with E-state index in [4.69, 9.17) is 12.2 Å². The molecule has 1 heterocycles. The van der Waals surface area contributed by atoms with Crippen LogP contribution in [0.25, 0.3) is 27.5 Å². The lowest BCUT2D eigenvalue weighted by Crippen LogP contribution is -2.18. The molecule has 0 unspecified atom stereocenters. The van der Waals surface area contributed by atoms with Crippen LogP contribution < -0.4 is 5.32 Å². The van der Waals surface area contributed by atoms with E-state index in [1.165, 1.54) is 22.7 Å². The molecule has 5 rings (SSSR count). The molecule has 142 valence electrons. The number of hydrogen-bond donors (Lipinski definition) is 2. The van der Waals surface area contributed by atoms with Crippen LogP contribution in [0.3, 0.4) is 0 Å². The maximum absolute atomic E-state index is 12.4. The molecule has 3 aromatic rings. The van der Waals surface area contributed by atoms with Gasteiger partial charge in [-0.05, 0) is 64.6 Å². The Balaban J connectivity index is 1.76. The van der Waals surface area contributed by atoms with Crippen molar-refractivity contribution in [1.82, 2.24) is 5.32 Å². The van der Waals surface area contributed by atoms with Gasteiger partial charge in [0.2, 0.25) is 0 Å². The van der Waals surface area contributed by atoms with Gasteiger partial charge in [0.25, 0.3) is 5.91 Å². The van der Waals surface area contributed by atoms with Crippen molar-refractivity contribution < 1.29 is 9.90 Å². The topological polar surface area (TPSA) is 49.3 Å². The van der Waals surface area contributed by atoms with E-state index >= 15 is 0 Å². The van der Waals surface area contributed by atoms with Gasteiger partial charge in [0, 0.05) is 5.57 Å². The average Bonchev–Trinajstić information content (AvgIpc) is 3.04. The number of hydrogen-bond acceptors (Lipinski definition) is 4. The summed E-state index contributed by atoms with van der Waals surface area (Å²) in [5.41, 5.74) is 6.03. The molecule has 0 bridgehead atoms. The molecule has 3 aromatic carbocycles. The Morgan fingerprint density at radius 2 is 1.79 bits per heavy atom. The van der Waals surface area contributed by atoms with Crippen molar-refractivity contribution in [3.05, 3.63) is 82.3 Å². The number of thiocarbonyl (C=S) groups is 1. The number of rotatable bonds is 1. The normalized spacial score (nSPS) is 18.6. The molecule has 0 saturated carbocycles. The fourth-order valence-corrected chi connectivity index (χ4v) is 5.13. The molecule has 0 spiro atoms. The number of carbonyl (C=O) groups excluding carboxylic acids is 1. The van der Waals surface area contributed by atoms with Gasteiger partial charge in [0.1, 0.15) is 10.1 Å². The predicted molar refractivity (Wildman–Crippen MR) is 124 cm³/mol. The highest BCUT2D eigenvalue weighted by Gasteiger charge is 2.29. The minimum Gasteiger partial charge on any atom is -0.508 e. The molecule has 0 radical (unpaired) electrons. The second-order valence-corrected chi connectivity index (χ2v) is 9.02. The van der Waals surface area contributed by atoms with Gasteiger partial charge in [-0.1, -0.05) is 72.0 Å². The first-order valence-corrected chi connectivity index (χ1v) is 10.5. The van der Waals surface area contributed by atoms with Crippen molar-refractivity contribution >= 4 is 50.6 Å². The molecular formula is C24H17NO2S2. The monoisotopic (exact) mass is 415 g/mol. The SMILES string of the molecule is CC1=C/C(=C2/SC(=S)NC2=O)c2cc(O)cc(-c3ccc4ccccc4c3)c2C1. The van der Waals surface area contributed by atoms with Crippen molar-refractivity contribution in [3.8, 4) is 16.9 Å². The van der Waals surface area contributed by atoms with Crippen LogP contribution in [0.15, 0.2) is 71.2 Å².